The first kappa shape index (κ1) is 16.5. The van der Waals surface area contributed by atoms with Crippen molar-refractivity contribution < 1.29 is 4.79 Å². The summed E-state index contributed by atoms with van der Waals surface area (Å²) in [5, 5.41) is 3.66. The highest BCUT2D eigenvalue weighted by Crippen LogP contribution is 2.20. The number of para-hydroxylation sites is 2. The molecule has 1 N–H and O–H groups in total. The SMILES string of the molecule is CC(Sc1ccccn1)C(=O)NCCc1nc2ccccc2n1C. The number of aryl methyl sites for hydroxylation is 1. The first-order valence-electron chi connectivity index (χ1n) is 7.91. The van der Waals surface area contributed by atoms with E-state index in [4.69, 9.17) is 0 Å². The van der Waals surface area contributed by atoms with Gasteiger partial charge in [0, 0.05) is 26.2 Å². The Hall–Kier alpha value is -2.34. The maximum Gasteiger partial charge on any atom is 0.233 e. The Morgan fingerprint density at radius 1 is 1.25 bits per heavy atom. The van der Waals surface area contributed by atoms with E-state index in [1.54, 1.807) is 6.20 Å². The van der Waals surface area contributed by atoms with Crippen molar-refractivity contribution in [3.8, 4) is 0 Å². The molecule has 0 aliphatic heterocycles. The summed E-state index contributed by atoms with van der Waals surface area (Å²) in [6, 6.07) is 13.7. The van der Waals surface area contributed by atoms with Gasteiger partial charge in [-0.3, -0.25) is 4.79 Å². The van der Waals surface area contributed by atoms with Crippen molar-refractivity contribution in [3.05, 3.63) is 54.5 Å². The molecule has 0 bridgehead atoms. The number of hydrogen-bond donors (Lipinski definition) is 1. The lowest BCUT2D eigenvalue weighted by molar-refractivity contribution is -0.120. The van der Waals surface area contributed by atoms with Crippen LogP contribution >= 0.6 is 11.8 Å². The molecule has 1 aromatic carbocycles. The normalized spacial score (nSPS) is 12.2. The molecule has 3 aromatic rings. The van der Waals surface area contributed by atoms with Gasteiger partial charge in [0.05, 0.1) is 21.3 Å². The van der Waals surface area contributed by atoms with Crippen molar-refractivity contribution in [2.45, 2.75) is 23.6 Å². The molecule has 1 unspecified atom stereocenters. The van der Waals surface area contributed by atoms with Gasteiger partial charge in [-0.2, -0.15) is 0 Å². The Morgan fingerprint density at radius 2 is 2.04 bits per heavy atom. The first-order valence-corrected chi connectivity index (χ1v) is 8.79. The molecule has 1 atom stereocenters. The zero-order chi connectivity index (χ0) is 16.9. The lowest BCUT2D eigenvalue weighted by atomic mass is 10.3. The van der Waals surface area contributed by atoms with Gasteiger partial charge in [-0.05, 0) is 31.2 Å². The topological polar surface area (TPSA) is 59.8 Å². The maximum atomic E-state index is 12.2. The molecule has 5 nitrogen and oxygen atoms in total. The van der Waals surface area contributed by atoms with Crippen molar-refractivity contribution in [1.82, 2.24) is 19.9 Å². The van der Waals surface area contributed by atoms with Gasteiger partial charge in [-0.15, -0.1) is 0 Å². The number of nitrogens with one attached hydrogen (secondary N) is 1. The van der Waals surface area contributed by atoms with Gasteiger partial charge in [0.25, 0.3) is 0 Å². The summed E-state index contributed by atoms with van der Waals surface area (Å²) < 4.78 is 2.08. The fraction of sp³-hybridized carbons (Fsp3) is 0.278. The van der Waals surface area contributed by atoms with Crippen LogP contribution in [0.5, 0.6) is 0 Å². The van der Waals surface area contributed by atoms with E-state index in [0.717, 1.165) is 21.9 Å². The van der Waals surface area contributed by atoms with Gasteiger partial charge in [-0.25, -0.2) is 9.97 Å². The number of imidazole rings is 1. The van der Waals surface area contributed by atoms with E-state index in [1.165, 1.54) is 11.8 Å². The number of aromatic nitrogens is 3. The average Bonchev–Trinajstić information content (AvgIpc) is 2.92. The van der Waals surface area contributed by atoms with E-state index in [0.29, 0.717) is 13.0 Å². The van der Waals surface area contributed by atoms with Gasteiger partial charge in [0.15, 0.2) is 0 Å². The smallest absolute Gasteiger partial charge is 0.233 e. The molecule has 0 saturated heterocycles. The summed E-state index contributed by atoms with van der Waals surface area (Å²) in [5.41, 5.74) is 2.10. The number of hydrogen-bond acceptors (Lipinski definition) is 4. The molecule has 2 aromatic heterocycles. The number of amides is 1. The predicted molar refractivity (Wildman–Crippen MR) is 97.0 cm³/mol. The van der Waals surface area contributed by atoms with Crippen LogP contribution in [0.3, 0.4) is 0 Å². The second-order valence-corrected chi connectivity index (χ2v) is 6.91. The van der Waals surface area contributed by atoms with Crippen LogP contribution in [0, 0.1) is 0 Å². The molecule has 1 amide bonds. The van der Waals surface area contributed by atoms with Crippen molar-refractivity contribution in [2.24, 2.45) is 7.05 Å². The third kappa shape index (κ3) is 3.76. The third-order valence-corrected chi connectivity index (χ3v) is 4.88. The minimum atomic E-state index is -0.180. The standard InChI is InChI=1S/C18H20N4OS/c1-13(24-17-9-5-6-11-19-17)18(23)20-12-10-16-21-14-7-3-4-8-15(14)22(16)2/h3-9,11,13H,10,12H2,1-2H3,(H,20,23). The summed E-state index contributed by atoms with van der Waals surface area (Å²) in [7, 11) is 2.01. The number of nitrogens with zero attached hydrogens (tertiary/aromatic N) is 3. The molecule has 2 heterocycles. The lowest BCUT2D eigenvalue weighted by Gasteiger charge is -2.11. The number of thioether (sulfide) groups is 1. The fourth-order valence-corrected chi connectivity index (χ4v) is 3.34. The highest BCUT2D eigenvalue weighted by atomic mass is 32.2. The zero-order valence-electron chi connectivity index (χ0n) is 13.8. The minimum Gasteiger partial charge on any atom is -0.355 e. The number of fused-ring (bicyclic) bond motifs is 1. The van der Waals surface area contributed by atoms with Crippen LogP contribution < -0.4 is 5.32 Å². The molecule has 0 saturated carbocycles. The Labute approximate surface area is 145 Å². The van der Waals surface area contributed by atoms with Crippen molar-refractivity contribution in [2.75, 3.05) is 6.54 Å². The Bertz CT molecular complexity index is 831. The number of carbonyl (C=O) groups excluding carboxylic acids is 1. The second-order valence-electron chi connectivity index (χ2n) is 5.54. The van der Waals surface area contributed by atoms with Gasteiger partial charge in [-0.1, -0.05) is 30.0 Å². The molecule has 0 spiro atoms. The average molecular weight is 340 g/mol. The predicted octanol–water partition coefficient (Wildman–Crippen LogP) is 2.81. The lowest BCUT2D eigenvalue weighted by Crippen LogP contribution is -2.32. The molecule has 0 aliphatic rings. The van der Waals surface area contributed by atoms with E-state index in [1.807, 2.05) is 50.4 Å². The quantitative estimate of drug-likeness (QED) is 0.701. The van der Waals surface area contributed by atoms with E-state index in [9.17, 15) is 4.79 Å². The number of pyridine rings is 1. The third-order valence-electron chi connectivity index (χ3n) is 3.83. The largest absolute Gasteiger partial charge is 0.355 e. The van der Waals surface area contributed by atoms with Crippen LogP contribution in [0.15, 0.2) is 53.7 Å². The molecule has 24 heavy (non-hydrogen) atoms. The van der Waals surface area contributed by atoms with E-state index >= 15 is 0 Å². The molecular formula is C18H20N4OS. The van der Waals surface area contributed by atoms with E-state index in [2.05, 4.69) is 25.9 Å². The first-order chi connectivity index (χ1) is 11.6. The van der Waals surface area contributed by atoms with Crippen LogP contribution in [-0.4, -0.2) is 32.2 Å². The minimum absolute atomic E-state index is 0.0180. The molecule has 6 heteroatoms. The number of carbonyl (C=O) groups is 1. The maximum absolute atomic E-state index is 12.2. The van der Waals surface area contributed by atoms with Crippen LogP contribution in [-0.2, 0) is 18.3 Å². The highest BCUT2D eigenvalue weighted by Gasteiger charge is 2.15. The second kappa shape index (κ2) is 7.49. The monoisotopic (exact) mass is 340 g/mol. The summed E-state index contributed by atoms with van der Waals surface area (Å²) in [5.74, 6) is 0.992. The molecule has 0 aliphatic carbocycles. The fourth-order valence-electron chi connectivity index (χ4n) is 2.51. The Kier molecular flexibility index (Phi) is 5.15. The molecular weight excluding hydrogens is 320 g/mol. The van der Waals surface area contributed by atoms with Crippen molar-refractivity contribution >= 4 is 28.7 Å². The molecule has 3 rings (SSSR count). The Morgan fingerprint density at radius 3 is 2.79 bits per heavy atom. The summed E-state index contributed by atoms with van der Waals surface area (Å²) in [6.45, 7) is 2.47. The molecule has 0 fully saturated rings. The van der Waals surface area contributed by atoms with Gasteiger partial charge < -0.3 is 9.88 Å². The van der Waals surface area contributed by atoms with Gasteiger partial charge in [0.1, 0.15) is 5.82 Å². The van der Waals surface area contributed by atoms with E-state index < -0.39 is 0 Å². The van der Waals surface area contributed by atoms with Crippen LogP contribution in [0.25, 0.3) is 11.0 Å². The van der Waals surface area contributed by atoms with Crippen molar-refractivity contribution in [3.63, 3.8) is 0 Å². The highest BCUT2D eigenvalue weighted by molar-refractivity contribution is 8.00. The summed E-state index contributed by atoms with van der Waals surface area (Å²) in [6.07, 6.45) is 2.44. The van der Waals surface area contributed by atoms with Crippen LogP contribution in [0.4, 0.5) is 0 Å². The van der Waals surface area contributed by atoms with Crippen LogP contribution in [0.2, 0.25) is 0 Å². The molecule has 0 radical (unpaired) electrons. The van der Waals surface area contributed by atoms with E-state index in [-0.39, 0.29) is 11.2 Å². The van der Waals surface area contributed by atoms with Crippen molar-refractivity contribution in [1.29, 1.82) is 0 Å². The Balaban J connectivity index is 1.53. The summed E-state index contributed by atoms with van der Waals surface area (Å²) >= 11 is 1.46. The van der Waals surface area contributed by atoms with Gasteiger partial charge >= 0.3 is 0 Å². The van der Waals surface area contributed by atoms with Crippen LogP contribution in [0.1, 0.15) is 12.7 Å². The number of benzene rings is 1. The zero-order valence-corrected chi connectivity index (χ0v) is 14.6. The van der Waals surface area contributed by atoms with Gasteiger partial charge in [0.2, 0.25) is 5.91 Å². The number of rotatable bonds is 6. The summed E-state index contributed by atoms with van der Waals surface area (Å²) in [4.78, 5) is 21.1. The molecule has 124 valence electrons.